The molecule has 1 aromatic rings. The topological polar surface area (TPSA) is 54.5 Å². The Bertz CT molecular complexity index is 459. The van der Waals surface area contributed by atoms with Gasteiger partial charge in [0, 0.05) is 31.6 Å². The van der Waals surface area contributed by atoms with Gasteiger partial charge in [-0.25, -0.2) is 9.78 Å². The summed E-state index contributed by atoms with van der Waals surface area (Å²) in [6, 6.07) is 0. The molecule has 6 heteroatoms. The van der Waals surface area contributed by atoms with Crippen molar-refractivity contribution in [2.45, 2.75) is 26.2 Å². The molecular weight excluding hydrogens is 262 g/mol. The molecule has 0 spiro atoms. The Morgan fingerprint density at radius 1 is 1.37 bits per heavy atom. The van der Waals surface area contributed by atoms with Gasteiger partial charge in [-0.1, -0.05) is 32.1 Å². The minimum absolute atomic E-state index is 0.160. The van der Waals surface area contributed by atoms with Crippen LogP contribution >= 0.6 is 11.3 Å². The van der Waals surface area contributed by atoms with Gasteiger partial charge in [-0.2, -0.15) is 0 Å². The first kappa shape index (κ1) is 14.3. The van der Waals surface area contributed by atoms with Crippen LogP contribution in [0.25, 0.3) is 0 Å². The lowest BCUT2D eigenvalue weighted by Gasteiger charge is -2.26. The average Bonchev–Trinajstić information content (AvgIpc) is 2.84. The second-order valence-electron chi connectivity index (χ2n) is 5.65. The van der Waals surface area contributed by atoms with Gasteiger partial charge < -0.3 is 15.0 Å². The van der Waals surface area contributed by atoms with E-state index in [1.807, 2.05) is 0 Å². The maximum Gasteiger partial charge on any atom is 0.350 e. The first-order chi connectivity index (χ1) is 8.93. The van der Waals surface area contributed by atoms with E-state index in [0.717, 1.165) is 37.0 Å². The highest BCUT2D eigenvalue weighted by Crippen LogP contribution is 2.34. The van der Waals surface area contributed by atoms with E-state index >= 15 is 0 Å². The number of esters is 1. The molecule has 1 saturated heterocycles. The SMILES string of the molecule is COC(=O)c1sc(N2CCNCC2)nc1C(C)(C)C. The van der Waals surface area contributed by atoms with Gasteiger partial charge in [0.2, 0.25) is 0 Å². The normalized spacial score (nSPS) is 16.5. The van der Waals surface area contributed by atoms with E-state index in [4.69, 9.17) is 4.74 Å². The predicted molar refractivity (Wildman–Crippen MR) is 77.2 cm³/mol. The number of thiazole rings is 1. The van der Waals surface area contributed by atoms with Crippen LogP contribution in [0.1, 0.15) is 36.1 Å². The number of aromatic nitrogens is 1. The first-order valence-electron chi connectivity index (χ1n) is 6.49. The summed E-state index contributed by atoms with van der Waals surface area (Å²) in [5, 5.41) is 4.24. The number of hydrogen-bond acceptors (Lipinski definition) is 6. The third kappa shape index (κ3) is 3.06. The van der Waals surface area contributed by atoms with Crippen molar-refractivity contribution in [3.8, 4) is 0 Å². The molecule has 1 aliphatic heterocycles. The molecule has 0 bridgehead atoms. The summed E-state index contributed by atoms with van der Waals surface area (Å²) in [5.74, 6) is -0.288. The lowest BCUT2D eigenvalue weighted by atomic mass is 9.91. The Morgan fingerprint density at radius 3 is 2.53 bits per heavy atom. The number of carbonyl (C=O) groups is 1. The van der Waals surface area contributed by atoms with E-state index in [9.17, 15) is 4.79 Å². The molecule has 0 aromatic carbocycles. The maximum atomic E-state index is 11.9. The Morgan fingerprint density at radius 2 is 2.00 bits per heavy atom. The molecule has 2 rings (SSSR count). The number of carbonyl (C=O) groups excluding carboxylic acids is 1. The van der Waals surface area contributed by atoms with Crippen molar-refractivity contribution in [3.63, 3.8) is 0 Å². The van der Waals surface area contributed by atoms with Crippen LogP contribution in [0.4, 0.5) is 5.13 Å². The summed E-state index contributed by atoms with van der Waals surface area (Å²) in [7, 11) is 1.42. The van der Waals surface area contributed by atoms with Crippen LogP contribution in [0, 0.1) is 0 Å². The van der Waals surface area contributed by atoms with Crippen molar-refractivity contribution in [2.75, 3.05) is 38.2 Å². The minimum atomic E-state index is -0.288. The lowest BCUT2D eigenvalue weighted by molar-refractivity contribution is 0.0603. The average molecular weight is 283 g/mol. The highest BCUT2D eigenvalue weighted by molar-refractivity contribution is 7.17. The van der Waals surface area contributed by atoms with E-state index in [1.54, 1.807) is 0 Å². The molecule has 106 valence electrons. The lowest BCUT2D eigenvalue weighted by Crippen LogP contribution is -2.43. The van der Waals surface area contributed by atoms with Gasteiger partial charge in [-0.15, -0.1) is 0 Å². The van der Waals surface area contributed by atoms with Gasteiger partial charge in [-0.3, -0.25) is 0 Å². The van der Waals surface area contributed by atoms with Gasteiger partial charge in [0.05, 0.1) is 12.8 Å². The Labute approximate surface area is 118 Å². The van der Waals surface area contributed by atoms with E-state index in [0.29, 0.717) is 4.88 Å². The van der Waals surface area contributed by atoms with Gasteiger partial charge in [0.25, 0.3) is 0 Å². The number of methoxy groups -OCH3 is 1. The molecule has 0 saturated carbocycles. The fraction of sp³-hybridized carbons (Fsp3) is 0.692. The molecule has 1 fully saturated rings. The summed E-state index contributed by atoms with van der Waals surface area (Å²) in [4.78, 5) is 19.4. The van der Waals surface area contributed by atoms with E-state index in [2.05, 4.69) is 36.0 Å². The highest BCUT2D eigenvalue weighted by Gasteiger charge is 2.29. The van der Waals surface area contributed by atoms with Crippen molar-refractivity contribution in [1.29, 1.82) is 0 Å². The van der Waals surface area contributed by atoms with Crippen LogP contribution in [-0.2, 0) is 10.2 Å². The van der Waals surface area contributed by atoms with Crippen LogP contribution in [0.5, 0.6) is 0 Å². The van der Waals surface area contributed by atoms with E-state index in [1.165, 1.54) is 18.4 Å². The standard InChI is InChI=1S/C13H21N3O2S/c1-13(2,3)10-9(11(17)18-4)19-12(15-10)16-7-5-14-6-8-16/h14H,5-8H2,1-4H3. The number of anilines is 1. The number of hydrogen-bond donors (Lipinski definition) is 1. The maximum absolute atomic E-state index is 11.9. The number of ether oxygens (including phenoxy) is 1. The molecule has 1 N–H and O–H groups in total. The summed E-state index contributed by atoms with van der Waals surface area (Å²) < 4.78 is 4.87. The summed E-state index contributed by atoms with van der Waals surface area (Å²) >= 11 is 1.44. The van der Waals surface area contributed by atoms with Crippen molar-refractivity contribution in [2.24, 2.45) is 0 Å². The van der Waals surface area contributed by atoms with Gasteiger partial charge in [0.1, 0.15) is 4.88 Å². The molecule has 0 unspecified atom stereocenters. The zero-order valence-electron chi connectivity index (χ0n) is 11.9. The van der Waals surface area contributed by atoms with Gasteiger partial charge in [0.15, 0.2) is 5.13 Å². The zero-order chi connectivity index (χ0) is 14.0. The molecule has 0 aliphatic carbocycles. The summed E-state index contributed by atoms with van der Waals surface area (Å²) in [6.07, 6.45) is 0. The van der Waals surface area contributed by atoms with Crippen molar-refractivity contribution in [1.82, 2.24) is 10.3 Å². The van der Waals surface area contributed by atoms with Crippen molar-refractivity contribution in [3.05, 3.63) is 10.6 Å². The molecule has 0 radical (unpaired) electrons. The van der Waals surface area contributed by atoms with Crippen molar-refractivity contribution < 1.29 is 9.53 Å². The second kappa shape index (κ2) is 5.46. The fourth-order valence-electron chi connectivity index (χ4n) is 2.04. The Kier molecular flexibility index (Phi) is 4.10. The van der Waals surface area contributed by atoms with Crippen molar-refractivity contribution >= 4 is 22.4 Å². The largest absolute Gasteiger partial charge is 0.465 e. The molecular formula is C13H21N3O2S. The summed E-state index contributed by atoms with van der Waals surface area (Å²) in [6.45, 7) is 9.97. The monoisotopic (exact) mass is 283 g/mol. The number of rotatable bonds is 2. The van der Waals surface area contributed by atoms with Crippen LogP contribution in [0.15, 0.2) is 0 Å². The molecule has 19 heavy (non-hydrogen) atoms. The molecule has 1 aliphatic rings. The quantitative estimate of drug-likeness (QED) is 0.836. The third-order valence-corrected chi connectivity index (χ3v) is 4.18. The molecule has 5 nitrogen and oxygen atoms in total. The highest BCUT2D eigenvalue weighted by atomic mass is 32.1. The summed E-state index contributed by atoms with van der Waals surface area (Å²) in [5.41, 5.74) is 0.671. The predicted octanol–water partition coefficient (Wildman–Crippen LogP) is 1.64. The zero-order valence-corrected chi connectivity index (χ0v) is 12.8. The minimum Gasteiger partial charge on any atom is -0.465 e. The number of nitrogens with one attached hydrogen (secondary N) is 1. The third-order valence-electron chi connectivity index (χ3n) is 3.08. The van der Waals surface area contributed by atoms with Crippen LogP contribution in [0.2, 0.25) is 0 Å². The van der Waals surface area contributed by atoms with Crippen LogP contribution in [-0.4, -0.2) is 44.2 Å². The molecule has 1 aromatic heterocycles. The fourth-order valence-corrected chi connectivity index (χ4v) is 3.29. The Hall–Kier alpha value is -1.14. The second-order valence-corrected chi connectivity index (χ2v) is 6.63. The molecule has 2 heterocycles. The van der Waals surface area contributed by atoms with E-state index < -0.39 is 0 Å². The van der Waals surface area contributed by atoms with E-state index in [-0.39, 0.29) is 11.4 Å². The van der Waals surface area contributed by atoms with Crippen LogP contribution < -0.4 is 10.2 Å². The molecule has 0 atom stereocenters. The van der Waals surface area contributed by atoms with Gasteiger partial charge in [-0.05, 0) is 0 Å². The smallest absolute Gasteiger partial charge is 0.350 e. The van der Waals surface area contributed by atoms with Gasteiger partial charge >= 0.3 is 5.97 Å². The number of piperazine rings is 1. The Balaban J connectivity index is 2.36. The van der Waals surface area contributed by atoms with Crippen LogP contribution in [0.3, 0.4) is 0 Å². The molecule has 0 amide bonds. The first-order valence-corrected chi connectivity index (χ1v) is 7.30. The number of nitrogens with zero attached hydrogens (tertiary/aromatic N) is 2.